The molecule has 35 heavy (non-hydrogen) atoms. The molecule has 1 aliphatic carbocycles. The maximum atomic E-state index is 13.7. The van der Waals surface area contributed by atoms with E-state index in [2.05, 4.69) is 5.32 Å². The predicted octanol–water partition coefficient (Wildman–Crippen LogP) is 4.21. The van der Waals surface area contributed by atoms with Crippen LogP contribution in [-0.4, -0.2) is 57.8 Å². The molecule has 194 valence electrons. The van der Waals surface area contributed by atoms with E-state index in [0.29, 0.717) is 5.56 Å². The first-order chi connectivity index (χ1) is 16.5. The largest absolute Gasteiger partial charge is 0.508 e. The molecule has 1 unspecified atom stereocenters. The van der Waals surface area contributed by atoms with Crippen molar-refractivity contribution in [2.24, 2.45) is 0 Å². The van der Waals surface area contributed by atoms with E-state index in [1.54, 1.807) is 4.90 Å². The van der Waals surface area contributed by atoms with Crippen LogP contribution in [0.4, 0.5) is 0 Å². The Morgan fingerprint density at radius 1 is 1.11 bits per heavy atom. The second-order valence-electron chi connectivity index (χ2n) is 9.32. The van der Waals surface area contributed by atoms with E-state index in [1.807, 2.05) is 34.6 Å². The fourth-order valence-electron chi connectivity index (χ4n) is 3.98. The average molecular weight is 491 g/mol. The number of phenols is 1. The molecule has 0 bridgehead atoms. The molecular weight excluding hydrogens is 452 g/mol. The van der Waals surface area contributed by atoms with Gasteiger partial charge in [0, 0.05) is 30.0 Å². The SMILES string of the molecule is CC.COc1cc2c(c(OC)c1O)C/C(O)=C(O)\C=C/CC(=O)N(C1CC1)C2C(=O)NC(C)(C)C. The van der Waals surface area contributed by atoms with Crippen LogP contribution in [-0.2, 0) is 16.0 Å². The predicted molar refractivity (Wildman–Crippen MR) is 133 cm³/mol. The van der Waals surface area contributed by atoms with Crippen LogP contribution in [0, 0.1) is 0 Å². The van der Waals surface area contributed by atoms with Gasteiger partial charge < -0.3 is 35.0 Å². The first kappa shape index (κ1) is 27.9. The minimum atomic E-state index is -1.07. The van der Waals surface area contributed by atoms with E-state index in [1.165, 1.54) is 32.4 Å². The van der Waals surface area contributed by atoms with Gasteiger partial charge in [-0.1, -0.05) is 19.9 Å². The summed E-state index contributed by atoms with van der Waals surface area (Å²) in [5.74, 6) is -1.77. The molecular formula is C26H38N2O7. The molecule has 3 rings (SSSR count). The van der Waals surface area contributed by atoms with E-state index in [4.69, 9.17) is 9.47 Å². The van der Waals surface area contributed by atoms with Gasteiger partial charge in [0.1, 0.15) is 11.8 Å². The van der Waals surface area contributed by atoms with Crippen molar-refractivity contribution in [2.45, 2.75) is 77.9 Å². The number of carbonyl (C=O) groups is 2. The summed E-state index contributed by atoms with van der Waals surface area (Å²) < 4.78 is 10.8. The monoisotopic (exact) mass is 490 g/mol. The van der Waals surface area contributed by atoms with Gasteiger partial charge in [-0.15, -0.1) is 0 Å². The van der Waals surface area contributed by atoms with Gasteiger partial charge in [0.2, 0.25) is 17.6 Å². The van der Waals surface area contributed by atoms with E-state index in [9.17, 15) is 24.9 Å². The third-order valence-electron chi connectivity index (χ3n) is 5.54. The molecule has 9 heteroatoms. The Labute approximate surface area is 207 Å². The number of nitrogens with one attached hydrogen (secondary N) is 1. The molecule has 1 aliphatic heterocycles. The Hall–Kier alpha value is -3.36. The van der Waals surface area contributed by atoms with Crippen molar-refractivity contribution in [2.75, 3.05) is 14.2 Å². The Morgan fingerprint density at radius 3 is 2.26 bits per heavy atom. The smallest absolute Gasteiger partial charge is 0.247 e. The second-order valence-corrected chi connectivity index (χ2v) is 9.32. The van der Waals surface area contributed by atoms with Crippen LogP contribution in [0.1, 0.15) is 71.0 Å². The van der Waals surface area contributed by atoms with E-state index >= 15 is 0 Å². The lowest BCUT2D eigenvalue weighted by Gasteiger charge is -2.35. The third kappa shape index (κ3) is 6.41. The molecule has 1 aromatic carbocycles. The Bertz CT molecular complexity index is 1000. The molecule has 0 aromatic heterocycles. The van der Waals surface area contributed by atoms with E-state index in [0.717, 1.165) is 12.8 Å². The highest BCUT2D eigenvalue weighted by atomic mass is 16.5. The number of aliphatic hydroxyl groups is 2. The number of allylic oxidation sites excluding steroid dienone is 2. The maximum absolute atomic E-state index is 13.7. The number of hydrogen-bond donors (Lipinski definition) is 4. The number of aromatic hydroxyl groups is 1. The molecule has 4 N–H and O–H groups in total. The summed E-state index contributed by atoms with van der Waals surface area (Å²) >= 11 is 0. The molecule has 2 aliphatic rings. The number of ether oxygens (including phenoxy) is 2. The number of aliphatic hydroxyl groups excluding tert-OH is 2. The van der Waals surface area contributed by atoms with Gasteiger partial charge in [0.25, 0.3) is 0 Å². The third-order valence-corrected chi connectivity index (χ3v) is 5.54. The van der Waals surface area contributed by atoms with Crippen LogP contribution in [0.5, 0.6) is 17.2 Å². The van der Waals surface area contributed by atoms with Crippen molar-refractivity contribution in [3.05, 3.63) is 40.9 Å². The van der Waals surface area contributed by atoms with Crippen molar-refractivity contribution < 1.29 is 34.4 Å². The second kappa shape index (κ2) is 11.4. The summed E-state index contributed by atoms with van der Waals surface area (Å²) in [6.07, 6.45) is 3.92. The van der Waals surface area contributed by atoms with Crippen molar-refractivity contribution in [3.8, 4) is 17.2 Å². The lowest BCUT2D eigenvalue weighted by molar-refractivity contribution is -0.141. The summed E-state index contributed by atoms with van der Waals surface area (Å²) in [7, 11) is 2.71. The topological polar surface area (TPSA) is 129 Å². The Kier molecular flexibility index (Phi) is 9.06. The fourth-order valence-corrected chi connectivity index (χ4v) is 3.98. The molecule has 0 saturated heterocycles. The molecule has 0 radical (unpaired) electrons. The lowest BCUT2D eigenvalue weighted by atomic mass is 9.92. The van der Waals surface area contributed by atoms with E-state index < -0.39 is 29.0 Å². The Morgan fingerprint density at radius 2 is 1.74 bits per heavy atom. The maximum Gasteiger partial charge on any atom is 0.247 e. The minimum Gasteiger partial charge on any atom is -0.508 e. The molecule has 1 fully saturated rings. The lowest BCUT2D eigenvalue weighted by Crippen LogP contribution is -2.50. The average Bonchev–Trinajstić information content (AvgIpc) is 3.62. The molecule has 0 spiro atoms. The van der Waals surface area contributed by atoms with Gasteiger partial charge in [-0.3, -0.25) is 9.59 Å². The fraction of sp³-hybridized carbons (Fsp3) is 0.538. The number of benzene rings is 1. The van der Waals surface area contributed by atoms with Crippen LogP contribution in [0.2, 0.25) is 0 Å². The first-order valence-corrected chi connectivity index (χ1v) is 11.9. The highest BCUT2D eigenvalue weighted by molar-refractivity contribution is 5.91. The standard InChI is InChI=1S/C24H32N2O7.C2H6/c1-24(2,3)25-23(31)20-14-12-18(32-4)21(30)22(33-5)15(14)11-17(28)16(27)7-6-8-19(29)26(20)13-9-10-13;1-2/h6-7,12-13,20,27-28,30H,8-11H2,1-5H3,(H,25,31);1-2H3/b7-6-,17-16-;. The first-order valence-electron chi connectivity index (χ1n) is 11.9. The number of fused-ring (bicyclic) bond motifs is 1. The molecule has 9 nitrogen and oxygen atoms in total. The summed E-state index contributed by atoms with van der Waals surface area (Å²) in [6, 6.07) is 0.290. The number of carbonyl (C=O) groups excluding carboxylic acids is 2. The Balaban J connectivity index is 0.00000210. The zero-order chi connectivity index (χ0) is 26.5. The van der Waals surface area contributed by atoms with Crippen LogP contribution in [0.3, 0.4) is 0 Å². The number of methoxy groups -OCH3 is 2. The van der Waals surface area contributed by atoms with Gasteiger partial charge in [0.15, 0.2) is 17.3 Å². The van der Waals surface area contributed by atoms with Crippen molar-refractivity contribution in [3.63, 3.8) is 0 Å². The highest BCUT2D eigenvalue weighted by Crippen LogP contribution is 2.46. The number of phenolic OH excluding ortho intramolecular Hbond substituents is 1. The zero-order valence-corrected chi connectivity index (χ0v) is 21.6. The number of hydrogen-bond acceptors (Lipinski definition) is 7. The number of rotatable bonds is 4. The molecule has 2 amide bonds. The van der Waals surface area contributed by atoms with Crippen molar-refractivity contribution in [1.29, 1.82) is 0 Å². The van der Waals surface area contributed by atoms with Gasteiger partial charge >= 0.3 is 0 Å². The molecule has 1 saturated carbocycles. The van der Waals surface area contributed by atoms with Crippen LogP contribution < -0.4 is 14.8 Å². The summed E-state index contributed by atoms with van der Waals surface area (Å²) in [5, 5.41) is 34.5. The summed E-state index contributed by atoms with van der Waals surface area (Å²) in [6.45, 7) is 9.52. The molecule has 1 heterocycles. The zero-order valence-electron chi connectivity index (χ0n) is 21.6. The number of nitrogens with zero attached hydrogens (tertiary/aromatic N) is 1. The highest BCUT2D eigenvalue weighted by Gasteiger charge is 2.43. The van der Waals surface area contributed by atoms with Crippen LogP contribution >= 0.6 is 0 Å². The summed E-state index contributed by atoms with van der Waals surface area (Å²) in [5.41, 5.74) is 0.0277. The van der Waals surface area contributed by atoms with Gasteiger partial charge in [-0.25, -0.2) is 0 Å². The molecule has 1 atom stereocenters. The van der Waals surface area contributed by atoms with Gasteiger partial charge in [0.05, 0.1) is 14.2 Å². The minimum absolute atomic E-state index is 0.0105. The quantitative estimate of drug-likeness (QED) is 0.498. The van der Waals surface area contributed by atoms with Crippen molar-refractivity contribution in [1.82, 2.24) is 10.2 Å². The summed E-state index contributed by atoms with van der Waals surface area (Å²) in [4.78, 5) is 28.5. The van der Waals surface area contributed by atoms with Gasteiger partial charge in [-0.2, -0.15) is 0 Å². The molecule has 1 aromatic rings. The van der Waals surface area contributed by atoms with E-state index in [-0.39, 0.29) is 47.6 Å². The number of amides is 2. The van der Waals surface area contributed by atoms with Crippen LogP contribution in [0.15, 0.2) is 29.7 Å². The van der Waals surface area contributed by atoms with Crippen LogP contribution in [0.25, 0.3) is 0 Å². The van der Waals surface area contributed by atoms with Crippen molar-refractivity contribution >= 4 is 11.8 Å². The van der Waals surface area contributed by atoms with Gasteiger partial charge in [-0.05, 0) is 51.3 Å². The normalized spacial score (nSPS) is 21.6.